The summed E-state index contributed by atoms with van der Waals surface area (Å²) in [6.45, 7) is 1.17. The molecule has 1 aromatic carbocycles. The van der Waals surface area contributed by atoms with Gasteiger partial charge >= 0.3 is 0 Å². The highest BCUT2D eigenvalue weighted by Gasteiger charge is 2.22. The second kappa shape index (κ2) is 5.40. The first-order valence-corrected chi connectivity index (χ1v) is 6.63. The Bertz CT molecular complexity index is 604. The molecule has 0 radical (unpaired) electrons. The van der Waals surface area contributed by atoms with Gasteiger partial charge in [0.1, 0.15) is 5.82 Å². The number of nitrogens with one attached hydrogen (secondary N) is 1. The fourth-order valence-corrected chi connectivity index (χ4v) is 1.91. The van der Waals surface area contributed by atoms with Crippen LogP contribution in [-0.4, -0.2) is 27.4 Å². The average molecular weight is 274 g/mol. The van der Waals surface area contributed by atoms with Gasteiger partial charge in [-0.15, -0.1) is 5.10 Å². The van der Waals surface area contributed by atoms with Gasteiger partial charge in [0, 0.05) is 6.54 Å². The molecule has 0 spiro atoms. The third kappa shape index (κ3) is 3.20. The molecule has 5 nitrogen and oxygen atoms in total. The largest absolute Gasteiger partial charge is 0.350 e. The molecule has 1 fully saturated rings. The molecule has 1 aliphatic rings. The number of rotatable bonds is 5. The third-order valence-electron chi connectivity index (χ3n) is 3.28. The summed E-state index contributed by atoms with van der Waals surface area (Å²) in [5, 5.41) is 10.6. The molecule has 3 rings (SSSR count). The van der Waals surface area contributed by atoms with E-state index < -0.39 is 0 Å². The number of halogens is 1. The SMILES string of the molecule is O=C(NCC1CC1)c1cn(Cc2ccc(F)cc2)nn1. The van der Waals surface area contributed by atoms with Crippen molar-refractivity contribution >= 4 is 5.91 Å². The predicted molar refractivity (Wildman–Crippen MR) is 70.6 cm³/mol. The lowest BCUT2D eigenvalue weighted by atomic mass is 10.2. The van der Waals surface area contributed by atoms with Gasteiger partial charge in [-0.05, 0) is 36.5 Å². The summed E-state index contributed by atoms with van der Waals surface area (Å²) in [6, 6.07) is 6.17. The zero-order chi connectivity index (χ0) is 13.9. The van der Waals surface area contributed by atoms with Crippen LogP contribution in [0, 0.1) is 11.7 Å². The molecule has 0 saturated heterocycles. The molecule has 0 bridgehead atoms. The van der Waals surface area contributed by atoms with Crippen LogP contribution in [0.1, 0.15) is 28.9 Å². The van der Waals surface area contributed by atoms with Gasteiger partial charge in [0.15, 0.2) is 5.69 Å². The van der Waals surface area contributed by atoms with Gasteiger partial charge < -0.3 is 5.32 Å². The second-order valence-corrected chi connectivity index (χ2v) is 5.08. The van der Waals surface area contributed by atoms with Crippen LogP contribution < -0.4 is 5.32 Å². The first kappa shape index (κ1) is 12.8. The van der Waals surface area contributed by atoms with Crippen molar-refractivity contribution in [3.63, 3.8) is 0 Å². The Hall–Kier alpha value is -2.24. The van der Waals surface area contributed by atoms with Gasteiger partial charge in [0.05, 0.1) is 12.7 Å². The number of benzene rings is 1. The van der Waals surface area contributed by atoms with E-state index in [4.69, 9.17) is 0 Å². The number of carbonyl (C=O) groups is 1. The van der Waals surface area contributed by atoms with Gasteiger partial charge in [-0.2, -0.15) is 0 Å². The molecule has 0 unspecified atom stereocenters. The smallest absolute Gasteiger partial charge is 0.273 e. The van der Waals surface area contributed by atoms with Crippen molar-refractivity contribution in [1.82, 2.24) is 20.3 Å². The number of hydrogen-bond acceptors (Lipinski definition) is 3. The molecule has 20 heavy (non-hydrogen) atoms. The monoisotopic (exact) mass is 274 g/mol. The van der Waals surface area contributed by atoms with E-state index in [1.165, 1.54) is 25.0 Å². The Kier molecular flexibility index (Phi) is 3.45. The number of hydrogen-bond donors (Lipinski definition) is 1. The number of aromatic nitrogens is 3. The van der Waals surface area contributed by atoms with E-state index in [1.54, 1.807) is 23.0 Å². The average Bonchev–Trinajstić information content (AvgIpc) is 3.17. The first-order chi connectivity index (χ1) is 9.70. The standard InChI is InChI=1S/C14H15FN4O/c15-12-5-3-11(4-6-12)8-19-9-13(17-18-19)14(20)16-7-10-1-2-10/h3-6,9-10H,1-2,7-8H2,(H,16,20). The Morgan fingerprint density at radius 2 is 2.10 bits per heavy atom. The van der Waals surface area contributed by atoms with E-state index >= 15 is 0 Å². The van der Waals surface area contributed by atoms with E-state index in [0.29, 0.717) is 24.7 Å². The van der Waals surface area contributed by atoms with Gasteiger partial charge in [-0.1, -0.05) is 17.3 Å². The van der Waals surface area contributed by atoms with Crippen LogP contribution in [0.3, 0.4) is 0 Å². The van der Waals surface area contributed by atoms with Crippen molar-refractivity contribution in [1.29, 1.82) is 0 Å². The molecule has 2 aromatic rings. The lowest BCUT2D eigenvalue weighted by Gasteiger charge is -2.01. The molecule has 1 saturated carbocycles. The Balaban J connectivity index is 1.60. The fraction of sp³-hybridized carbons (Fsp3) is 0.357. The minimum Gasteiger partial charge on any atom is -0.350 e. The molecule has 1 heterocycles. The molecule has 1 aromatic heterocycles. The summed E-state index contributed by atoms with van der Waals surface area (Å²) in [6.07, 6.45) is 3.99. The highest BCUT2D eigenvalue weighted by molar-refractivity contribution is 5.91. The zero-order valence-electron chi connectivity index (χ0n) is 10.9. The maximum absolute atomic E-state index is 12.8. The molecule has 1 N–H and O–H groups in total. The summed E-state index contributed by atoms with van der Waals surface area (Å²) >= 11 is 0. The van der Waals surface area contributed by atoms with Crippen LogP contribution in [0.2, 0.25) is 0 Å². The number of nitrogens with zero attached hydrogens (tertiary/aromatic N) is 3. The quantitative estimate of drug-likeness (QED) is 0.901. The van der Waals surface area contributed by atoms with E-state index in [1.807, 2.05) is 0 Å². The van der Waals surface area contributed by atoms with E-state index in [2.05, 4.69) is 15.6 Å². The normalized spacial score (nSPS) is 14.2. The molecule has 6 heteroatoms. The fourth-order valence-electron chi connectivity index (χ4n) is 1.91. The summed E-state index contributed by atoms with van der Waals surface area (Å²) in [5.41, 5.74) is 1.22. The summed E-state index contributed by atoms with van der Waals surface area (Å²) in [7, 11) is 0. The predicted octanol–water partition coefficient (Wildman–Crippen LogP) is 1.61. The van der Waals surface area contributed by atoms with Crippen LogP contribution in [0.15, 0.2) is 30.5 Å². The first-order valence-electron chi connectivity index (χ1n) is 6.63. The molecular formula is C14H15FN4O. The topological polar surface area (TPSA) is 59.8 Å². The van der Waals surface area contributed by atoms with Crippen LogP contribution in [0.5, 0.6) is 0 Å². The van der Waals surface area contributed by atoms with Gasteiger partial charge in [-0.3, -0.25) is 4.79 Å². The van der Waals surface area contributed by atoms with Gasteiger partial charge in [0.2, 0.25) is 0 Å². The Morgan fingerprint density at radius 1 is 1.35 bits per heavy atom. The van der Waals surface area contributed by atoms with Crippen molar-refractivity contribution in [2.45, 2.75) is 19.4 Å². The van der Waals surface area contributed by atoms with E-state index in [9.17, 15) is 9.18 Å². The van der Waals surface area contributed by atoms with Crippen LogP contribution in [-0.2, 0) is 6.54 Å². The minimum atomic E-state index is -0.271. The highest BCUT2D eigenvalue weighted by Crippen LogP contribution is 2.27. The maximum Gasteiger partial charge on any atom is 0.273 e. The van der Waals surface area contributed by atoms with E-state index in [0.717, 1.165) is 5.56 Å². The van der Waals surface area contributed by atoms with Gasteiger partial charge in [0.25, 0.3) is 5.91 Å². The molecule has 1 amide bonds. The number of carbonyl (C=O) groups excluding carboxylic acids is 1. The molecule has 0 atom stereocenters. The lowest BCUT2D eigenvalue weighted by molar-refractivity contribution is 0.0946. The molecular weight excluding hydrogens is 259 g/mol. The van der Waals surface area contributed by atoms with Crippen LogP contribution in [0.4, 0.5) is 4.39 Å². The zero-order valence-corrected chi connectivity index (χ0v) is 10.9. The third-order valence-corrected chi connectivity index (χ3v) is 3.28. The van der Waals surface area contributed by atoms with Crippen molar-refractivity contribution < 1.29 is 9.18 Å². The molecule has 0 aliphatic heterocycles. The summed E-state index contributed by atoms with van der Waals surface area (Å²) in [5.74, 6) is 0.169. The minimum absolute atomic E-state index is 0.192. The van der Waals surface area contributed by atoms with E-state index in [-0.39, 0.29) is 11.7 Å². The molecule has 1 aliphatic carbocycles. The highest BCUT2D eigenvalue weighted by atomic mass is 19.1. The van der Waals surface area contributed by atoms with Crippen LogP contribution >= 0.6 is 0 Å². The summed E-state index contributed by atoms with van der Waals surface area (Å²) in [4.78, 5) is 11.8. The van der Waals surface area contributed by atoms with Crippen LogP contribution in [0.25, 0.3) is 0 Å². The lowest BCUT2D eigenvalue weighted by Crippen LogP contribution is -2.25. The number of amides is 1. The summed E-state index contributed by atoms with van der Waals surface area (Å²) < 4.78 is 14.4. The van der Waals surface area contributed by atoms with Crippen molar-refractivity contribution in [3.8, 4) is 0 Å². The molecule has 104 valence electrons. The maximum atomic E-state index is 12.8. The Morgan fingerprint density at radius 3 is 2.80 bits per heavy atom. The Labute approximate surface area is 115 Å². The van der Waals surface area contributed by atoms with Crippen molar-refractivity contribution in [2.75, 3.05) is 6.54 Å². The van der Waals surface area contributed by atoms with Crippen molar-refractivity contribution in [2.24, 2.45) is 5.92 Å². The second-order valence-electron chi connectivity index (χ2n) is 5.08. The van der Waals surface area contributed by atoms with Gasteiger partial charge in [-0.25, -0.2) is 9.07 Å². The van der Waals surface area contributed by atoms with Crippen molar-refractivity contribution in [3.05, 3.63) is 47.5 Å².